The molecule has 2 amide bonds. The van der Waals surface area contributed by atoms with E-state index in [1.54, 1.807) is 0 Å². The molecular formula is C19H20N6O11S2. The van der Waals surface area contributed by atoms with E-state index in [9.17, 15) is 33.9 Å². The molecule has 2 atom stereocenters. The number of amides is 2. The van der Waals surface area contributed by atoms with Gasteiger partial charge in [-0.05, 0) is 0 Å². The number of nitrogens with two attached hydrogens (primary N) is 1. The third kappa shape index (κ3) is 6.73. The number of aliphatic carboxylic acids is 2. The molecule has 17 nitrogen and oxygen atoms in total. The van der Waals surface area contributed by atoms with Gasteiger partial charge in [0, 0.05) is 29.8 Å². The molecule has 204 valence electrons. The van der Waals surface area contributed by atoms with Gasteiger partial charge in [0.25, 0.3) is 11.8 Å². The number of fused-ring (bicyclic) bond motifs is 1. The minimum Gasteiger partial charge on any atom is -0.481 e. The molecule has 1 fully saturated rings. The molecule has 38 heavy (non-hydrogen) atoms. The molecule has 3 rings (SSSR count). The molecule has 0 radical (unpaired) electrons. The second-order valence-electron chi connectivity index (χ2n) is 7.43. The van der Waals surface area contributed by atoms with Crippen molar-refractivity contribution in [3.8, 4) is 0 Å². The van der Waals surface area contributed by atoms with Crippen molar-refractivity contribution in [2.75, 3.05) is 31.3 Å². The zero-order chi connectivity index (χ0) is 28.0. The summed E-state index contributed by atoms with van der Waals surface area (Å²) >= 11 is 1.87. The van der Waals surface area contributed by atoms with Gasteiger partial charge in [0.15, 0.2) is 11.7 Å². The van der Waals surface area contributed by atoms with Crippen LogP contribution >= 0.6 is 23.3 Å². The second-order valence-corrected chi connectivity index (χ2v) is 9.32. The number of esters is 2. The van der Waals surface area contributed by atoms with Gasteiger partial charge in [-0.25, -0.2) is 9.59 Å². The third-order valence-corrected chi connectivity index (χ3v) is 6.65. The zero-order valence-electron chi connectivity index (χ0n) is 19.4. The largest absolute Gasteiger partial charge is 0.481 e. The molecule has 0 bridgehead atoms. The van der Waals surface area contributed by atoms with Crippen LogP contribution in [-0.4, -0.2) is 103 Å². The molecule has 2 aliphatic rings. The number of anilines is 1. The van der Waals surface area contributed by atoms with E-state index in [1.807, 2.05) is 0 Å². The van der Waals surface area contributed by atoms with Gasteiger partial charge < -0.3 is 35.6 Å². The van der Waals surface area contributed by atoms with Crippen LogP contribution in [0.5, 0.6) is 0 Å². The Morgan fingerprint density at radius 1 is 1.24 bits per heavy atom. The number of hydrogen-bond donors (Lipinski definition) is 4. The topological polar surface area (TPSA) is 250 Å². The fourth-order valence-electron chi connectivity index (χ4n) is 3.13. The Hall–Kier alpha value is -4.26. The van der Waals surface area contributed by atoms with E-state index in [0.29, 0.717) is 0 Å². The summed E-state index contributed by atoms with van der Waals surface area (Å²) in [6.45, 7) is -0.364. The number of carboxylic acid groups (broad SMARTS) is 2. The summed E-state index contributed by atoms with van der Waals surface area (Å²) in [5, 5.41) is 23.6. The maximum absolute atomic E-state index is 12.9. The van der Waals surface area contributed by atoms with Crippen molar-refractivity contribution in [3.05, 3.63) is 17.1 Å². The molecule has 2 aliphatic heterocycles. The van der Waals surface area contributed by atoms with E-state index in [1.165, 1.54) is 0 Å². The highest BCUT2D eigenvalue weighted by molar-refractivity contribution is 8.00. The average molecular weight is 573 g/mol. The zero-order valence-corrected chi connectivity index (χ0v) is 21.1. The molecule has 1 aromatic heterocycles. The Kier molecular flexibility index (Phi) is 9.18. The molecule has 1 aromatic rings. The van der Waals surface area contributed by atoms with Gasteiger partial charge >= 0.3 is 23.9 Å². The van der Waals surface area contributed by atoms with Crippen LogP contribution in [0.25, 0.3) is 0 Å². The molecule has 5 N–H and O–H groups in total. The number of nitrogens with one attached hydrogen (secondary N) is 1. The number of rotatable bonds is 12. The van der Waals surface area contributed by atoms with E-state index >= 15 is 0 Å². The number of thioether (sulfide) groups is 1. The van der Waals surface area contributed by atoms with Crippen molar-refractivity contribution in [2.45, 2.75) is 24.8 Å². The van der Waals surface area contributed by atoms with Crippen LogP contribution in [0.2, 0.25) is 0 Å². The van der Waals surface area contributed by atoms with Gasteiger partial charge in [0.2, 0.25) is 11.5 Å². The van der Waals surface area contributed by atoms with E-state index in [2.05, 4.69) is 24.6 Å². The number of hydrogen-bond acceptors (Lipinski definition) is 15. The molecular weight excluding hydrogens is 552 g/mol. The number of nitrogens with zero attached hydrogens (tertiary/aromatic N) is 4. The number of carbonyl (C=O) groups is 6. The highest BCUT2D eigenvalue weighted by Crippen LogP contribution is 2.40. The van der Waals surface area contributed by atoms with Crippen LogP contribution in [0.15, 0.2) is 16.4 Å². The highest BCUT2D eigenvalue weighted by Gasteiger charge is 2.54. The van der Waals surface area contributed by atoms with Crippen LogP contribution in [-0.2, 0) is 43.1 Å². The lowest BCUT2D eigenvalue weighted by Gasteiger charge is -2.49. The van der Waals surface area contributed by atoms with E-state index < -0.39 is 78.2 Å². The first-order valence-corrected chi connectivity index (χ1v) is 12.3. The van der Waals surface area contributed by atoms with Gasteiger partial charge in [0.05, 0.1) is 6.42 Å². The molecule has 0 aromatic carbocycles. The van der Waals surface area contributed by atoms with Crippen LogP contribution in [0, 0.1) is 0 Å². The number of nitrogen functional groups attached to an aromatic ring is 1. The molecule has 19 heteroatoms. The molecule has 1 saturated heterocycles. The first-order valence-electron chi connectivity index (χ1n) is 10.5. The van der Waals surface area contributed by atoms with E-state index in [4.69, 9.17) is 20.4 Å². The minimum absolute atomic E-state index is 0.0112. The molecule has 0 spiro atoms. The summed E-state index contributed by atoms with van der Waals surface area (Å²) in [5.74, 6) is -6.07. The number of ether oxygens (including phenoxy) is 2. The first kappa shape index (κ1) is 28.3. The van der Waals surface area contributed by atoms with Gasteiger partial charge in [-0.3, -0.25) is 24.1 Å². The Morgan fingerprint density at radius 3 is 2.58 bits per heavy atom. The Labute approximate surface area is 221 Å². The number of β-lactam (4-membered cyclic amide) rings is 1. The third-order valence-electron chi connectivity index (χ3n) is 4.77. The van der Waals surface area contributed by atoms with Crippen molar-refractivity contribution >= 4 is 69.8 Å². The van der Waals surface area contributed by atoms with Crippen LogP contribution < -0.4 is 11.1 Å². The highest BCUT2D eigenvalue weighted by atomic mass is 32.2. The number of aromatic nitrogens is 2. The van der Waals surface area contributed by atoms with E-state index in [0.717, 1.165) is 35.1 Å². The smallest absolute Gasteiger partial charge is 0.352 e. The molecule has 2 unspecified atom stereocenters. The fourth-order valence-corrected chi connectivity index (χ4v) is 4.89. The number of oxime groups is 1. The maximum atomic E-state index is 12.9. The fraction of sp³-hybridized carbons (Fsp3) is 0.421. The lowest BCUT2D eigenvalue weighted by Crippen LogP contribution is -2.71. The summed E-state index contributed by atoms with van der Waals surface area (Å²) in [5.41, 5.74) is 4.81. The quantitative estimate of drug-likeness (QED) is 0.0706. The van der Waals surface area contributed by atoms with Gasteiger partial charge in [-0.15, -0.1) is 11.8 Å². The Morgan fingerprint density at radius 2 is 1.97 bits per heavy atom. The monoisotopic (exact) mass is 572 g/mol. The SMILES string of the molecule is CC(=O)OCC(=O)OCC1=C(C(=O)O)N2C(=O)C(NC(=O)/C(=N/OCCC(=O)O)c3nsc(N)n3)C2SC1. The van der Waals surface area contributed by atoms with Crippen LogP contribution in [0.1, 0.15) is 19.2 Å². The van der Waals surface area contributed by atoms with Crippen LogP contribution in [0.4, 0.5) is 5.13 Å². The average Bonchev–Trinajstić information content (AvgIpc) is 3.29. The van der Waals surface area contributed by atoms with E-state index in [-0.39, 0.29) is 28.9 Å². The lowest BCUT2D eigenvalue weighted by atomic mass is 10.0. The summed E-state index contributed by atoms with van der Waals surface area (Å²) < 4.78 is 13.3. The number of carbonyl (C=O) groups excluding carboxylic acids is 4. The van der Waals surface area contributed by atoms with Crippen molar-refractivity contribution in [2.24, 2.45) is 5.16 Å². The molecule has 0 saturated carbocycles. The van der Waals surface area contributed by atoms with Crippen molar-refractivity contribution in [3.63, 3.8) is 0 Å². The normalized spacial score (nSPS) is 18.7. The second kappa shape index (κ2) is 12.3. The summed E-state index contributed by atoms with van der Waals surface area (Å²) in [7, 11) is 0. The predicted octanol–water partition coefficient (Wildman–Crippen LogP) is -1.84. The first-order chi connectivity index (χ1) is 18.0. The standard InChI is InChI=1S/C19H20N6O11S2/c1-7(26)34-5-10(29)35-4-8-6-37-17-12(16(31)25(17)13(8)18(32)33)21-15(30)11(14-22-19(20)38-24-14)23-36-3-2-9(27)28/h12,17H,2-6H2,1H3,(H,21,30)(H,27,28)(H,32,33)(H2,20,22,24)/b23-11+. The lowest BCUT2D eigenvalue weighted by molar-refractivity contribution is -0.157. The van der Waals surface area contributed by atoms with Crippen LogP contribution in [0.3, 0.4) is 0 Å². The summed E-state index contributed by atoms with van der Waals surface area (Å²) in [6.07, 6.45) is -0.397. The van der Waals surface area contributed by atoms with Gasteiger partial charge in [-0.2, -0.15) is 9.36 Å². The Balaban J connectivity index is 1.71. The Bertz CT molecular complexity index is 1230. The molecule has 0 aliphatic carbocycles. The number of carboxylic acids is 2. The van der Waals surface area contributed by atoms with Gasteiger partial charge in [0.1, 0.15) is 30.3 Å². The predicted molar refractivity (Wildman–Crippen MR) is 126 cm³/mol. The molecule has 3 heterocycles. The van der Waals surface area contributed by atoms with Gasteiger partial charge in [-0.1, -0.05) is 5.16 Å². The van der Waals surface area contributed by atoms with Crippen molar-refractivity contribution in [1.29, 1.82) is 0 Å². The minimum atomic E-state index is -1.45. The summed E-state index contributed by atoms with van der Waals surface area (Å²) in [4.78, 5) is 80.5. The van der Waals surface area contributed by atoms with Crippen molar-refractivity contribution < 1.29 is 53.3 Å². The van der Waals surface area contributed by atoms with Crippen molar-refractivity contribution in [1.82, 2.24) is 19.6 Å². The summed E-state index contributed by atoms with van der Waals surface area (Å²) in [6, 6.07) is -1.16. The maximum Gasteiger partial charge on any atom is 0.352 e.